The molecule has 1 aliphatic carbocycles. The van der Waals surface area contributed by atoms with Crippen molar-refractivity contribution in [3.63, 3.8) is 0 Å². The van der Waals surface area contributed by atoms with Crippen LogP contribution in [0.2, 0.25) is 0 Å². The van der Waals surface area contributed by atoms with Crippen LogP contribution in [0.5, 0.6) is 0 Å². The van der Waals surface area contributed by atoms with Gasteiger partial charge in [0.05, 0.1) is 16.1 Å². The van der Waals surface area contributed by atoms with Crippen molar-refractivity contribution >= 4 is 15.7 Å². The molecule has 2 aromatic carbocycles. The summed E-state index contributed by atoms with van der Waals surface area (Å²) in [6.45, 7) is 0.518. The van der Waals surface area contributed by atoms with Crippen molar-refractivity contribution in [3.05, 3.63) is 59.7 Å². The average Bonchev–Trinajstić information content (AvgIpc) is 2.69. The molecular formula is C21H25F3N2O2S. The van der Waals surface area contributed by atoms with Gasteiger partial charge in [0.1, 0.15) is 0 Å². The second-order valence-corrected chi connectivity index (χ2v) is 9.11. The van der Waals surface area contributed by atoms with Crippen molar-refractivity contribution in [3.8, 4) is 0 Å². The molecule has 8 heteroatoms. The minimum Gasteiger partial charge on any atom is -0.299 e. The lowest BCUT2D eigenvalue weighted by Gasteiger charge is -2.31. The number of hydrogen-bond donors (Lipinski definition) is 1. The van der Waals surface area contributed by atoms with Gasteiger partial charge in [0.25, 0.3) is 10.0 Å². The summed E-state index contributed by atoms with van der Waals surface area (Å²) in [5.41, 5.74) is -0.148. The maximum Gasteiger partial charge on any atom is 0.417 e. The van der Waals surface area contributed by atoms with Crippen molar-refractivity contribution in [1.82, 2.24) is 4.90 Å². The molecule has 1 fully saturated rings. The molecule has 0 saturated heterocycles. The van der Waals surface area contributed by atoms with Crippen molar-refractivity contribution in [2.45, 2.75) is 55.8 Å². The van der Waals surface area contributed by atoms with E-state index in [1.165, 1.54) is 31.4 Å². The third kappa shape index (κ3) is 5.30. The molecule has 2 aromatic rings. The summed E-state index contributed by atoms with van der Waals surface area (Å²) in [4.78, 5) is 1.42. The highest BCUT2D eigenvalue weighted by Crippen LogP contribution is 2.35. The number of nitrogens with zero attached hydrogens (tertiary/aromatic N) is 1. The first-order valence-corrected chi connectivity index (χ1v) is 11.1. The Hall–Kier alpha value is -2.06. The van der Waals surface area contributed by atoms with Gasteiger partial charge in [-0.05, 0) is 43.7 Å². The standard InChI is InChI=1S/C21H25F3N2O2S/c1-26(17-10-3-2-4-11-17)15-16-9-5-7-13-19(16)25-29(27,28)20-14-8-6-12-18(20)21(22,23)24/h5-9,12-14,17,25H,2-4,10-11,15H2,1H3. The van der Waals surface area contributed by atoms with E-state index in [2.05, 4.69) is 9.62 Å². The van der Waals surface area contributed by atoms with Gasteiger partial charge in [-0.15, -0.1) is 0 Å². The predicted molar refractivity (Wildman–Crippen MR) is 107 cm³/mol. The maximum absolute atomic E-state index is 13.3. The molecule has 0 amide bonds. The van der Waals surface area contributed by atoms with Crippen molar-refractivity contribution in [2.75, 3.05) is 11.8 Å². The van der Waals surface area contributed by atoms with Crippen molar-refractivity contribution in [2.24, 2.45) is 0 Å². The topological polar surface area (TPSA) is 49.4 Å². The van der Waals surface area contributed by atoms with E-state index in [1.54, 1.807) is 24.3 Å². The molecule has 0 radical (unpaired) electrons. The molecule has 4 nitrogen and oxygen atoms in total. The fraction of sp³-hybridized carbons (Fsp3) is 0.429. The lowest BCUT2D eigenvalue weighted by atomic mass is 9.94. The Morgan fingerprint density at radius 1 is 1.00 bits per heavy atom. The molecule has 0 spiro atoms. The number of hydrogen-bond acceptors (Lipinski definition) is 3. The van der Waals surface area contributed by atoms with E-state index in [9.17, 15) is 21.6 Å². The number of rotatable bonds is 6. The normalized spacial score (nSPS) is 16.2. The lowest BCUT2D eigenvalue weighted by Crippen LogP contribution is -2.33. The van der Waals surface area contributed by atoms with Crippen LogP contribution >= 0.6 is 0 Å². The van der Waals surface area contributed by atoms with Crippen LogP contribution < -0.4 is 4.72 Å². The lowest BCUT2D eigenvalue weighted by molar-refractivity contribution is -0.139. The molecule has 158 valence electrons. The van der Waals surface area contributed by atoms with Crippen LogP contribution in [-0.4, -0.2) is 26.4 Å². The van der Waals surface area contributed by atoms with Gasteiger partial charge in [-0.25, -0.2) is 8.42 Å². The number of nitrogens with one attached hydrogen (secondary N) is 1. The second kappa shape index (κ2) is 8.75. The molecule has 29 heavy (non-hydrogen) atoms. The number of sulfonamides is 1. The van der Waals surface area contributed by atoms with Gasteiger partial charge in [-0.1, -0.05) is 49.6 Å². The monoisotopic (exact) mass is 426 g/mol. The van der Waals surface area contributed by atoms with Gasteiger partial charge in [0.15, 0.2) is 0 Å². The zero-order chi connectivity index (χ0) is 21.1. The van der Waals surface area contributed by atoms with E-state index >= 15 is 0 Å². The molecule has 1 N–H and O–H groups in total. The predicted octanol–water partition coefficient (Wildman–Crippen LogP) is 5.27. The van der Waals surface area contributed by atoms with Crippen LogP contribution in [0.4, 0.5) is 18.9 Å². The van der Waals surface area contributed by atoms with Gasteiger partial charge >= 0.3 is 6.18 Å². The fourth-order valence-corrected chi connectivity index (χ4v) is 5.14. The molecule has 3 rings (SSSR count). The third-order valence-corrected chi connectivity index (χ3v) is 6.79. The highest BCUT2D eigenvalue weighted by molar-refractivity contribution is 7.92. The Kier molecular flexibility index (Phi) is 6.53. The average molecular weight is 427 g/mol. The van der Waals surface area contributed by atoms with Gasteiger partial charge in [-0.3, -0.25) is 9.62 Å². The van der Waals surface area contributed by atoms with Crippen LogP contribution in [0.3, 0.4) is 0 Å². The van der Waals surface area contributed by atoms with Crippen LogP contribution in [0, 0.1) is 0 Å². The zero-order valence-electron chi connectivity index (χ0n) is 16.2. The molecule has 0 atom stereocenters. The molecule has 0 aromatic heterocycles. The number of para-hydroxylation sites is 1. The SMILES string of the molecule is CN(Cc1ccccc1NS(=O)(=O)c1ccccc1C(F)(F)F)C1CCCCC1. The van der Waals surface area contributed by atoms with E-state index in [0.717, 1.165) is 30.5 Å². The minimum atomic E-state index is -4.76. The number of anilines is 1. The summed E-state index contributed by atoms with van der Waals surface area (Å²) in [5, 5.41) is 0. The first-order valence-electron chi connectivity index (χ1n) is 9.65. The summed E-state index contributed by atoms with van der Waals surface area (Å²) in [5.74, 6) is 0. The highest BCUT2D eigenvalue weighted by atomic mass is 32.2. The summed E-state index contributed by atoms with van der Waals surface area (Å²) in [6, 6.07) is 11.5. The van der Waals surface area contributed by atoms with E-state index in [-0.39, 0.29) is 0 Å². The Balaban J connectivity index is 1.86. The summed E-state index contributed by atoms with van der Waals surface area (Å²) in [7, 11) is -2.40. The molecular weight excluding hydrogens is 401 g/mol. The van der Waals surface area contributed by atoms with Crippen LogP contribution in [0.1, 0.15) is 43.2 Å². The molecule has 0 aliphatic heterocycles. The molecule has 0 unspecified atom stereocenters. The highest BCUT2D eigenvalue weighted by Gasteiger charge is 2.37. The fourth-order valence-electron chi connectivity index (χ4n) is 3.81. The summed E-state index contributed by atoms with van der Waals surface area (Å²) in [6.07, 6.45) is 1.03. The zero-order valence-corrected chi connectivity index (χ0v) is 17.1. The maximum atomic E-state index is 13.3. The number of benzene rings is 2. The van der Waals surface area contributed by atoms with E-state index in [0.29, 0.717) is 18.3 Å². The molecule has 0 bridgehead atoms. The van der Waals surface area contributed by atoms with Crippen molar-refractivity contribution < 1.29 is 21.6 Å². The molecule has 1 saturated carbocycles. The Morgan fingerprint density at radius 3 is 2.31 bits per heavy atom. The van der Waals surface area contributed by atoms with Crippen LogP contribution in [0.15, 0.2) is 53.4 Å². The van der Waals surface area contributed by atoms with E-state index < -0.39 is 26.7 Å². The first-order chi connectivity index (χ1) is 13.7. The Morgan fingerprint density at radius 2 is 1.62 bits per heavy atom. The Bertz CT molecular complexity index is 939. The van der Waals surface area contributed by atoms with Crippen LogP contribution in [0.25, 0.3) is 0 Å². The van der Waals surface area contributed by atoms with Gasteiger partial charge < -0.3 is 0 Å². The Labute approximate surface area is 169 Å². The number of alkyl halides is 3. The summed E-state index contributed by atoms with van der Waals surface area (Å²) >= 11 is 0. The van der Waals surface area contributed by atoms with E-state index in [4.69, 9.17) is 0 Å². The molecule has 0 heterocycles. The summed E-state index contributed by atoms with van der Waals surface area (Å²) < 4.78 is 67.8. The van der Waals surface area contributed by atoms with Crippen LogP contribution in [-0.2, 0) is 22.7 Å². The quantitative estimate of drug-likeness (QED) is 0.685. The van der Waals surface area contributed by atoms with Gasteiger partial charge in [-0.2, -0.15) is 13.2 Å². The molecule has 1 aliphatic rings. The first kappa shape index (κ1) is 21.6. The third-order valence-electron chi connectivity index (χ3n) is 5.36. The largest absolute Gasteiger partial charge is 0.417 e. The van der Waals surface area contributed by atoms with Crippen molar-refractivity contribution in [1.29, 1.82) is 0 Å². The second-order valence-electron chi connectivity index (χ2n) is 7.46. The number of halogens is 3. The minimum absolute atomic E-state index is 0.298. The van der Waals surface area contributed by atoms with Gasteiger partial charge in [0.2, 0.25) is 0 Å². The smallest absolute Gasteiger partial charge is 0.299 e. The van der Waals surface area contributed by atoms with Gasteiger partial charge in [0, 0.05) is 12.6 Å². The van der Waals surface area contributed by atoms with E-state index in [1.807, 2.05) is 7.05 Å².